The average molecular weight is 294 g/mol. The number of aliphatic hydroxyl groups is 1. The Balaban J connectivity index is 2.39. The predicted octanol–water partition coefficient (Wildman–Crippen LogP) is 3.00. The van der Waals surface area contributed by atoms with Gasteiger partial charge in [0.1, 0.15) is 5.75 Å². The molecule has 1 atom stereocenters. The highest BCUT2D eigenvalue weighted by Crippen LogP contribution is 2.15. The Hall–Kier alpha value is -1.75. The highest BCUT2D eigenvalue weighted by Gasteiger charge is 2.16. The summed E-state index contributed by atoms with van der Waals surface area (Å²) >= 11 is 0. The number of anilines is 1. The van der Waals surface area contributed by atoms with E-state index in [1.807, 2.05) is 20.8 Å². The van der Waals surface area contributed by atoms with E-state index in [2.05, 4.69) is 10.6 Å². The van der Waals surface area contributed by atoms with Crippen molar-refractivity contribution in [2.75, 3.05) is 18.5 Å². The monoisotopic (exact) mass is 294 g/mol. The van der Waals surface area contributed by atoms with Crippen molar-refractivity contribution in [1.82, 2.24) is 5.32 Å². The molecule has 21 heavy (non-hydrogen) atoms. The van der Waals surface area contributed by atoms with Crippen molar-refractivity contribution in [3.63, 3.8) is 0 Å². The number of amides is 2. The molecule has 0 fully saturated rings. The molecule has 118 valence electrons. The number of ether oxygens (including phenoxy) is 1. The van der Waals surface area contributed by atoms with Gasteiger partial charge in [0.15, 0.2) is 0 Å². The van der Waals surface area contributed by atoms with Crippen LogP contribution in [0.2, 0.25) is 0 Å². The van der Waals surface area contributed by atoms with Gasteiger partial charge in [-0.3, -0.25) is 0 Å². The van der Waals surface area contributed by atoms with Crippen LogP contribution in [-0.2, 0) is 0 Å². The third kappa shape index (κ3) is 6.04. The maximum atomic E-state index is 11.8. The topological polar surface area (TPSA) is 70.6 Å². The van der Waals surface area contributed by atoms with Crippen LogP contribution in [-0.4, -0.2) is 30.4 Å². The van der Waals surface area contributed by atoms with E-state index in [0.29, 0.717) is 12.3 Å². The van der Waals surface area contributed by atoms with Crippen molar-refractivity contribution in [2.45, 2.75) is 39.7 Å². The van der Waals surface area contributed by atoms with E-state index in [1.165, 1.54) is 0 Å². The lowest BCUT2D eigenvalue weighted by Gasteiger charge is -2.20. The summed E-state index contributed by atoms with van der Waals surface area (Å²) in [5.74, 6) is 0.989. The summed E-state index contributed by atoms with van der Waals surface area (Å²) in [6.07, 6.45) is 1.30. The Kier molecular flexibility index (Phi) is 7.61. The van der Waals surface area contributed by atoms with Gasteiger partial charge < -0.3 is 20.5 Å². The van der Waals surface area contributed by atoms with E-state index in [9.17, 15) is 9.90 Å². The number of urea groups is 1. The van der Waals surface area contributed by atoms with E-state index in [0.717, 1.165) is 18.6 Å². The largest absolute Gasteiger partial charge is 0.494 e. The average Bonchev–Trinajstić information content (AvgIpc) is 2.49. The van der Waals surface area contributed by atoms with E-state index in [4.69, 9.17) is 4.74 Å². The molecule has 0 aromatic heterocycles. The molecule has 0 spiro atoms. The fourth-order valence-electron chi connectivity index (χ4n) is 2.17. The Morgan fingerprint density at radius 3 is 2.33 bits per heavy atom. The Morgan fingerprint density at radius 2 is 1.81 bits per heavy atom. The number of hydrogen-bond donors (Lipinski definition) is 3. The molecule has 0 aliphatic rings. The zero-order chi connectivity index (χ0) is 15.7. The molecular formula is C16H26N2O3. The van der Waals surface area contributed by atoms with Crippen molar-refractivity contribution < 1.29 is 14.6 Å². The van der Waals surface area contributed by atoms with Gasteiger partial charge in [0.05, 0.1) is 12.7 Å². The molecule has 2 amide bonds. The minimum Gasteiger partial charge on any atom is -0.494 e. The predicted molar refractivity (Wildman–Crippen MR) is 84.7 cm³/mol. The minimum absolute atomic E-state index is 0.218. The minimum atomic E-state index is -0.508. The highest BCUT2D eigenvalue weighted by molar-refractivity contribution is 5.89. The summed E-state index contributed by atoms with van der Waals surface area (Å²) in [6, 6.07) is 6.85. The fraction of sp³-hybridized carbons (Fsp3) is 0.562. The summed E-state index contributed by atoms with van der Waals surface area (Å²) in [5.41, 5.74) is 0.688. The van der Waals surface area contributed by atoms with Gasteiger partial charge in [-0.2, -0.15) is 0 Å². The van der Waals surface area contributed by atoms with Crippen LogP contribution in [0.1, 0.15) is 33.6 Å². The second-order valence-corrected chi connectivity index (χ2v) is 4.94. The molecule has 1 unspecified atom stereocenters. The Labute approximate surface area is 126 Å². The van der Waals surface area contributed by atoms with Gasteiger partial charge in [-0.1, -0.05) is 26.7 Å². The van der Waals surface area contributed by atoms with Crippen molar-refractivity contribution in [3.05, 3.63) is 24.3 Å². The molecule has 1 aromatic carbocycles. The van der Waals surface area contributed by atoms with Gasteiger partial charge in [-0.05, 0) is 37.1 Å². The smallest absolute Gasteiger partial charge is 0.319 e. The van der Waals surface area contributed by atoms with Crippen LogP contribution >= 0.6 is 0 Å². The van der Waals surface area contributed by atoms with Gasteiger partial charge in [0.2, 0.25) is 0 Å². The first-order chi connectivity index (χ1) is 10.1. The number of hydrogen-bond acceptors (Lipinski definition) is 3. The number of carbonyl (C=O) groups excluding carboxylic acids is 1. The summed E-state index contributed by atoms with van der Waals surface area (Å²) in [7, 11) is 0. The maximum absolute atomic E-state index is 11.8. The number of nitrogens with one attached hydrogen (secondary N) is 2. The highest BCUT2D eigenvalue weighted by atomic mass is 16.5. The number of aliphatic hydroxyl groups excluding tert-OH is 1. The molecule has 0 heterocycles. The molecule has 5 heteroatoms. The van der Waals surface area contributed by atoms with Crippen molar-refractivity contribution >= 4 is 11.7 Å². The first kappa shape index (κ1) is 17.3. The molecule has 0 saturated heterocycles. The Bertz CT molecular complexity index is 416. The lowest BCUT2D eigenvalue weighted by Crippen LogP contribution is -2.38. The van der Waals surface area contributed by atoms with Crippen molar-refractivity contribution in [3.8, 4) is 5.75 Å². The quantitative estimate of drug-likeness (QED) is 0.690. The fourth-order valence-corrected chi connectivity index (χ4v) is 2.17. The van der Waals surface area contributed by atoms with Crippen LogP contribution in [0.15, 0.2) is 24.3 Å². The molecule has 1 rings (SSSR count). The lowest BCUT2D eigenvalue weighted by molar-refractivity contribution is 0.104. The van der Waals surface area contributed by atoms with Gasteiger partial charge in [0.25, 0.3) is 0 Å². The molecule has 0 aliphatic heterocycles. The third-order valence-corrected chi connectivity index (χ3v) is 3.49. The second-order valence-electron chi connectivity index (χ2n) is 4.94. The van der Waals surface area contributed by atoms with E-state index in [-0.39, 0.29) is 18.5 Å². The molecule has 3 N–H and O–H groups in total. The standard InChI is InChI=1S/C16H26N2O3/c1-4-12(5-2)15(19)11-17-16(20)18-13-7-9-14(10-8-13)21-6-3/h7-10,12,15,19H,4-6,11H2,1-3H3,(H2,17,18,20). The molecular weight excluding hydrogens is 268 g/mol. The first-order valence-electron chi connectivity index (χ1n) is 7.56. The number of rotatable bonds is 8. The normalized spacial score (nSPS) is 12.0. The van der Waals surface area contributed by atoms with Gasteiger partial charge in [0, 0.05) is 12.2 Å². The SMILES string of the molecule is CCOc1ccc(NC(=O)NCC(O)C(CC)CC)cc1. The van der Waals surface area contributed by atoms with Crippen LogP contribution in [0.4, 0.5) is 10.5 Å². The van der Waals surface area contributed by atoms with Crippen LogP contribution in [0, 0.1) is 5.92 Å². The van der Waals surface area contributed by atoms with Gasteiger partial charge >= 0.3 is 6.03 Å². The van der Waals surface area contributed by atoms with Crippen LogP contribution in [0.25, 0.3) is 0 Å². The molecule has 5 nitrogen and oxygen atoms in total. The van der Waals surface area contributed by atoms with Crippen molar-refractivity contribution in [2.24, 2.45) is 5.92 Å². The first-order valence-corrected chi connectivity index (χ1v) is 7.56. The summed E-state index contributed by atoms with van der Waals surface area (Å²) in [4.78, 5) is 11.8. The Morgan fingerprint density at radius 1 is 1.19 bits per heavy atom. The lowest BCUT2D eigenvalue weighted by atomic mass is 9.97. The second kappa shape index (κ2) is 9.23. The van der Waals surface area contributed by atoms with E-state index >= 15 is 0 Å². The third-order valence-electron chi connectivity index (χ3n) is 3.49. The van der Waals surface area contributed by atoms with Gasteiger partial charge in [-0.25, -0.2) is 4.79 Å². The van der Waals surface area contributed by atoms with Gasteiger partial charge in [-0.15, -0.1) is 0 Å². The number of benzene rings is 1. The van der Waals surface area contributed by atoms with Crippen molar-refractivity contribution in [1.29, 1.82) is 0 Å². The van der Waals surface area contributed by atoms with Crippen LogP contribution in [0.5, 0.6) is 5.75 Å². The summed E-state index contributed by atoms with van der Waals surface area (Å²) < 4.78 is 5.33. The molecule has 0 aliphatic carbocycles. The van der Waals surface area contributed by atoms with E-state index in [1.54, 1.807) is 24.3 Å². The van der Waals surface area contributed by atoms with Crippen LogP contribution < -0.4 is 15.4 Å². The molecule has 0 saturated carbocycles. The maximum Gasteiger partial charge on any atom is 0.319 e. The zero-order valence-electron chi connectivity index (χ0n) is 13.1. The van der Waals surface area contributed by atoms with E-state index < -0.39 is 6.10 Å². The zero-order valence-corrected chi connectivity index (χ0v) is 13.1. The molecule has 0 bridgehead atoms. The number of carbonyl (C=O) groups is 1. The molecule has 0 radical (unpaired) electrons. The summed E-state index contributed by atoms with van der Waals surface area (Å²) in [5, 5.41) is 15.4. The van der Waals surface area contributed by atoms with Crippen LogP contribution in [0.3, 0.4) is 0 Å². The summed E-state index contributed by atoms with van der Waals surface area (Å²) in [6.45, 7) is 6.87. The molecule has 1 aromatic rings.